The molecule has 2 saturated heterocycles. The minimum Gasteiger partial charge on any atom is -0.467 e. The van der Waals surface area contributed by atoms with Crippen molar-refractivity contribution in [1.29, 1.82) is 0 Å². The van der Waals surface area contributed by atoms with Gasteiger partial charge in [-0.3, -0.25) is 24.0 Å². The quantitative estimate of drug-likeness (QED) is 0.239. The van der Waals surface area contributed by atoms with Crippen LogP contribution in [0.1, 0.15) is 85.3 Å². The van der Waals surface area contributed by atoms with E-state index in [-0.39, 0.29) is 32.4 Å². The average molecular weight is 717 g/mol. The van der Waals surface area contributed by atoms with Gasteiger partial charge in [0, 0.05) is 33.4 Å². The molecule has 2 N–H and O–H groups in total. The molecule has 0 bridgehead atoms. The van der Waals surface area contributed by atoms with Crippen molar-refractivity contribution < 1.29 is 52.5 Å². The SMILES string of the molecule is COC(=O)[C@@H](NC(=O)[C@@]1(Cc2ccc(C)cc2)CCCN1C(=O)[C@@H]1CCCN1C(=O)[C@@H](NC(=O)OC(C)(C)C)[C@@H](C)OC(C)=O)[C@@H](C)OC(C)=O. The van der Waals surface area contributed by atoms with Gasteiger partial charge >= 0.3 is 24.0 Å². The van der Waals surface area contributed by atoms with Gasteiger partial charge in [0.25, 0.3) is 0 Å². The first-order chi connectivity index (χ1) is 23.8. The van der Waals surface area contributed by atoms with Crippen LogP contribution in [0, 0.1) is 6.92 Å². The van der Waals surface area contributed by atoms with Gasteiger partial charge in [0.2, 0.25) is 17.7 Å². The number of hydrogen-bond acceptors (Lipinski definition) is 11. The lowest BCUT2D eigenvalue weighted by Crippen LogP contribution is -2.65. The zero-order valence-corrected chi connectivity index (χ0v) is 31.0. The van der Waals surface area contributed by atoms with Gasteiger partial charge in [0.15, 0.2) is 6.04 Å². The molecule has 15 nitrogen and oxygen atoms in total. The van der Waals surface area contributed by atoms with Crippen molar-refractivity contribution in [2.45, 2.75) is 129 Å². The summed E-state index contributed by atoms with van der Waals surface area (Å²) in [5.74, 6) is -3.95. The van der Waals surface area contributed by atoms with Crippen LogP contribution < -0.4 is 10.6 Å². The summed E-state index contributed by atoms with van der Waals surface area (Å²) in [6.07, 6.45) is -1.59. The third kappa shape index (κ3) is 10.4. The number of benzene rings is 1. The Balaban J connectivity index is 2.01. The molecule has 51 heavy (non-hydrogen) atoms. The molecule has 1 aromatic carbocycles. The Hall–Kier alpha value is -4.69. The van der Waals surface area contributed by atoms with Crippen molar-refractivity contribution in [3.05, 3.63) is 35.4 Å². The number of nitrogens with zero attached hydrogens (tertiary/aromatic N) is 2. The normalized spacial score (nSPS) is 21.1. The Morgan fingerprint density at radius 1 is 0.882 bits per heavy atom. The molecule has 1 aromatic rings. The van der Waals surface area contributed by atoms with Crippen molar-refractivity contribution in [2.75, 3.05) is 20.2 Å². The maximum atomic E-state index is 14.7. The number of likely N-dealkylation sites (tertiary alicyclic amines) is 2. The second kappa shape index (κ2) is 17.0. The van der Waals surface area contributed by atoms with Crippen molar-refractivity contribution in [2.24, 2.45) is 0 Å². The van der Waals surface area contributed by atoms with Gasteiger partial charge in [-0.2, -0.15) is 0 Å². The third-order valence-corrected chi connectivity index (χ3v) is 8.94. The fraction of sp³-hybridized carbons (Fsp3) is 0.639. The monoisotopic (exact) mass is 716 g/mol. The smallest absolute Gasteiger partial charge is 0.408 e. The molecule has 0 aromatic heterocycles. The van der Waals surface area contributed by atoms with Gasteiger partial charge in [-0.25, -0.2) is 9.59 Å². The van der Waals surface area contributed by atoms with Gasteiger partial charge in [-0.15, -0.1) is 0 Å². The van der Waals surface area contributed by atoms with Crippen LogP contribution in [0.4, 0.5) is 4.79 Å². The van der Waals surface area contributed by atoms with E-state index in [1.165, 1.54) is 37.5 Å². The summed E-state index contributed by atoms with van der Waals surface area (Å²) in [6.45, 7) is 12.5. The largest absolute Gasteiger partial charge is 0.467 e. The fourth-order valence-electron chi connectivity index (χ4n) is 6.63. The molecule has 2 aliphatic rings. The standard InChI is InChI=1S/C36H52N4O11/c1-21-13-15-26(16-14-21)20-36(33(46)37-29(32(45)48-9)23(3)50-25(5)42)17-11-19-40(36)30(43)27-12-10-18-39(27)31(44)28(22(2)49-24(4)41)38-34(47)51-35(6,7)8/h13-16,22-23,27-29H,10-12,17-20H2,1-9H3,(H,37,46)(H,38,47)/t22-,23-,27+,28+,29+,36+/m1/s1. The van der Waals surface area contributed by atoms with Gasteiger partial charge < -0.3 is 39.4 Å². The van der Waals surface area contributed by atoms with Crippen molar-refractivity contribution >= 4 is 41.7 Å². The number of carbonyl (C=O) groups is 7. The highest BCUT2D eigenvalue weighted by Gasteiger charge is 2.54. The molecule has 4 amide bonds. The van der Waals surface area contributed by atoms with E-state index in [9.17, 15) is 33.6 Å². The van der Waals surface area contributed by atoms with E-state index in [1.54, 1.807) is 20.8 Å². The molecule has 282 valence electrons. The number of rotatable bonds is 12. The molecule has 2 aliphatic heterocycles. The van der Waals surface area contributed by atoms with Crippen LogP contribution in [-0.4, -0.2) is 113 Å². The first kappa shape index (κ1) is 40.7. The van der Waals surface area contributed by atoms with Crippen molar-refractivity contribution in [1.82, 2.24) is 20.4 Å². The maximum absolute atomic E-state index is 14.7. The lowest BCUT2D eigenvalue weighted by Gasteiger charge is -2.41. The van der Waals surface area contributed by atoms with Crippen molar-refractivity contribution in [3.8, 4) is 0 Å². The predicted octanol–water partition coefficient (Wildman–Crippen LogP) is 2.34. The topological polar surface area (TPSA) is 187 Å². The summed E-state index contributed by atoms with van der Waals surface area (Å²) in [4.78, 5) is 95.4. The second-order valence-corrected chi connectivity index (χ2v) is 14.2. The molecular weight excluding hydrogens is 664 g/mol. The van der Waals surface area contributed by atoms with E-state index in [1.807, 2.05) is 31.2 Å². The highest BCUT2D eigenvalue weighted by Crippen LogP contribution is 2.36. The number of aryl methyl sites for hydroxylation is 1. The molecule has 0 spiro atoms. The number of hydrogen-bond donors (Lipinski definition) is 2. The van der Waals surface area contributed by atoms with Crippen LogP contribution in [0.25, 0.3) is 0 Å². The zero-order valence-electron chi connectivity index (χ0n) is 31.0. The molecule has 0 radical (unpaired) electrons. The van der Waals surface area contributed by atoms with E-state index in [0.29, 0.717) is 12.8 Å². The molecule has 2 heterocycles. The van der Waals surface area contributed by atoms with Gasteiger partial charge in [0.05, 0.1) is 7.11 Å². The molecule has 0 unspecified atom stereocenters. The van der Waals surface area contributed by atoms with Crippen LogP contribution >= 0.6 is 0 Å². The van der Waals surface area contributed by atoms with Crippen molar-refractivity contribution in [3.63, 3.8) is 0 Å². The number of nitrogens with one attached hydrogen (secondary N) is 2. The molecule has 0 saturated carbocycles. The van der Waals surface area contributed by atoms with Gasteiger partial charge in [0.1, 0.15) is 35.4 Å². The highest BCUT2D eigenvalue weighted by atomic mass is 16.6. The second-order valence-electron chi connectivity index (χ2n) is 14.2. The summed E-state index contributed by atoms with van der Waals surface area (Å²) in [5, 5.41) is 5.23. The van der Waals surface area contributed by atoms with E-state index >= 15 is 0 Å². The van der Waals surface area contributed by atoms with Crippen LogP contribution in [0.2, 0.25) is 0 Å². The Labute approximate surface area is 299 Å². The van der Waals surface area contributed by atoms with E-state index < -0.39 is 83.2 Å². The first-order valence-electron chi connectivity index (χ1n) is 17.2. The lowest BCUT2D eigenvalue weighted by atomic mass is 9.85. The number of ether oxygens (including phenoxy) is 4. The van der Waals surface area contributed by atoms with Crippen LogP contribution in [0.15, 0.2) is 24.3 Å². The van der Waals surface area contributed by atoms with E-state index in [0.717, 1.165) is 18.2 Å². The Morgan fingerprint density at radius 3 is 2.02 bits per heavy atom. The number of methoxy groups -OCH3 is 1. The number of esters is 3. The predicted molar refractivity (Wildman–Crippen MR) is 183 cm³/mol. The number of carbonyl (C=O) groups excluding carboxylic acids is 7. The minimum absolute atomic E-state index is 0.0909. The van der Waals surface area contributed by atoms with Crippen LogP contribution in [-0.2, 0) is 54.1 Å². The van der Waals surface area contributed by atoms with Crippen LogP contribution in [0.5, 0.6) is 0 Å². The third-order valence-electron chi connectivity index (χ3n) is 8.94. The van der Waals surface area contributed by atoms with Crippen LogP contribution in [0.3, 0.4) is 0 Å². The lowest BCUT2D eigenvalue weighted by molar-refractivity contribution is -0.159. The van der Waals surface area contributed by atoms with E-state index in [2.05, 4.69) is 10.6 Å². The Kier molecular flexibility index (Phi) is 13.6. The molecule has 6 atom stereocenters. The van der Waals surface area contributed by atoms with Gasteiger partial charge in [-0.05, 0) is 72.8 Å². The molecule has 2 fully saturated rings. The number of alkyl carbamates (subject to hydrolysis) is 1. The molecule has 0 aliphatic carbocycles. The minimum atomic E-state index is -1.49. The summed E-state index contributed by atoms with van der Waals surface area (Å²) >= 11 is 0. The fourth-order valence-corrected chi connectivity index (χ4v) is 6.63. The summed E-state index contributed by atoms with van der Waals surface area (Å²) in [6, 6.07) is 3.75. The number of amides is 4. The Bertz CT molecular complexity index is 1470. The molecule has 15 heteroatoms. The molecular formula is C36H52N4O11. The first-order valence-corrected chi connectivity index (χ1v) is 17.2. The average Bonchev–Trinajstić information content (AvgIpc) is 3.69. The maximum Gasteiger partial charge on any atom is 0.408 e. The van der Waals surface area contributed by atoms with E-state index in [4.69, 9.17) is 18.9 Å². The van der Waals surface area contributed by atoms with Gasteiger partial charge in [-0.1, -0.05) is 29.8 Å². The summed E-state index contributed by atoms with van der Waals surface area (Å²) in [7, 11) is 1.15. The zero-order chi connectivity index (χ0) is 38.3. The summed E-state index contributed by atoms with van der Waals surface area (Å²) < 4.78 is 20.8. The molecule has 3 rings (SSSR count). The Morgan fingerprint density at radius 2 is 1.47 bits per heavy atom. The summed E-state index contributed by atoms with van der Waals surface area (Å²) in [5.41, 5.74) is -0.621. The highest BCUT2D eigenvalue weighted by molar-refractivity contribution is 5.98.